The first-order valence-corrected chi connectivity index (χ1v) is 8.11. The monoisotopic (exact) mass is 292 g/mol. The molecule has 1 aromatic rings. The van der Waals surface area contributed by atoms with E-state index < -0.39 is 0 Å². The van der Waals surface area contributed by atoms with Crippen LogP contribution in [0.1, 0.15) is 45.0 Å². The number of rotatable bonds is 5. The molecule has 0 saturated carbocycles. The van der Waals surface area contributed by atoms with Gasteiger partial charge in [0.25, 0.3) is 0 Å². The fraction of sp³-hybridized carbons (Fsp3) is 0.750. The third-order valence-corrected chi connectivity index (χ3v) is 4.14. The van der Waals surface area contributed by atoms with Crippen molar-refractivity contribution in [2.45, 2.75) is 53.1 Å². The molecule has 0 aliphatic carbocycles. The van der Waals surface area contributed by atoms with E-state index in [1.807, 2.05) is 0 Å². The standard InChI is InChI=1S/C16H28N4O/c1-5-7-14-18-15(17-6-2)12(4)16(19-14)20-9-8-13(21)11(3)10-20/h11,13,21H,5-10H2,1-4H3,(H,17,18,19). The average Bonchev–Trinajstić information content (AvgIpc) is 2.46. The molecular formula is C16H28N4O. The third-order valence-electron chi connectivity index (χ3n) is 4.14. The van der Waals surface area contributed by atoms with Crippen molar-refractivity contribution in [3.63, 3.8) is 0 Å². The third kappa shape index (κ3) is 3.64. The Hall–Kier alpha value is -1.36. The zero-order chi connectivity index (χ0) is 15.4. The molecule has 0 amide bonds. The molecule has 118 valence electrons. The largest absolute Gasteiger partial charge is 0.393 e. The molecule has 2 heterocycles. The van der Waals surface area contributed by atoms with E-state index in [1.54, 1.807) is 0 Å². The van der Waals surface area contributed by atoms with Crippen molar-refractivity contribution >= 4 is 11.6 Å². The van der Waals surface area contributed by atoms with Gasteiger partial charge in [0.15, 0.2) is 0 Å². The van der Waals surface area contributed by atoms with Gasteiger partial charge in [0, 0.05) is 31.6 Å². The summed E-state index contributed by atoms with van der Waals surface area (Å²) in [6.07, 6.45) is 2.57. The number of aryl methyl sites for hydroxylation is 1. The molecule has 2 N–H and O–H groups in total. The number of piperidine rings is 1. The Labute approximate surface area is 127 Å². The van der Waals surface area contributed by atoms with Crippen LogP contribution in [0.3, 0.4) is 0 Å². The van der Waals surface area contributed by atoms with Crippen LogP contribution in [0.5, 0.6) is 0 Å². The van der Waals surface area contributed by atoms with Crippen molar-refractivity contribution < 1.29 is 5.11 Å². The van der Waals surface area contributed by atoms with Crippen molar-refractivity contribution in [2.75, 3.05) is 29.9 Å². The summed E-state index contributed by atoms with van der Waals surface area (Å²) in [4.78, 5) is 11.7. The van der Waals surface area contributed by atoms with Crippen LogP contribution in [0.15, 0.2) is 0 Å². The number of nitrogens with one attached hydrogen (secondary N) is 1. The minimum Gasteiger partial charge on any atom is -0.393 e. The van der Waals surface area contributed by atoms with Crippen molar-refractivity contribution in [1.29, 1.82) is 0 Å². The lowest BCUT2D eigenvalue weighted by molar-refractivity contribution is 0.0968. The number of hydrogen-bond donors (Lipinski definition) is 2. The van der Waals surface area contributed by atoms with E-state index in [-0.39, 0.29) is 12.0 Å². The Bertz CT molecular complexity index is 478. The Morgan fingerprint density at radius 1 is 1.33 bits per heavy atom. The predicted octanol–water partition coefficient (Wildman–Crippen LogP) is 2.38. The molecule has 5 heteroatoms. The fourth-order valence-electron chi connectivity index (χ4n) is 2.86. The Balaban J connectivity index is 2.32. The van der Waals surface area contributed by atoms with Gasteiger partial charge in [0.2, 0.25) is 0 Å². The van der Waals surface area contributed by atoms with Crippen molar-refractivity contribution in [3.05, 3.63) is 11.4 Å². The summed E-state index contributed by atoms with van der Waals surface area (Å²) in [5, 5.41) is 13.3. The number of nitrogens with zero attached hydrogens (tertiary/aromatic N) is 3. The molecule has 21 heavy (non-hydrogen) atoms. The number of anilines is 2. The quantitative estimate of drug-likeness (QED) is 0.872. The van der Waals surface area contributed by atoms with Gasteiger partial charge in [-0.1, -0.05) is 13.8 Å². The molecule has 1 fully saturated rings. The molecule has 2 unspecified atom stereocenters. The zero-order valence-corrected chi connectivity index (χ0v) is 13.7. The number of aliphatic hydroxyl groups excluding tert-OH is 1. The van der Waals surface area contributed by atoms with E-state index in [0.29, 0.717) is 0 Å². The topological polar surface area (TPSA) is 61.3 Å². The Morgan fingerprint density at radius 3 is 2.71 bits per heavy atom. The van der Waals surface area contributed by atoms with Gasteiger partial charge in [-0.25, -0.2) is 9.97 Å². The summed E-state index contributed by atoms with van der Waals surface area (Å²) in [5.74, 6) is 3.17. The maximum atomic E-state index is 9.92. The second-order valence-corrected chi connectivity index (χ2v) is 6.00. The molecule has 1 saturated heterocycles. The van der Waals surface area contributed by atoms with Gasteiger partial charge in [-0.2, -0.15) is 0 Å². The first-order chi connectivity index (χ1) is 10.1. The van der Waals surface area contributed by atoms with Crippen LogP contribution >= 0.6 is 0 Å². The maximum absolute atomic E-state index is 9.92. The lowest BCUT2D eigenvalue weighted by Gasteiger charge is -2.36. The minimum atomic E-state index is -0.188. The summed E-state index contributed by atoms with van der Waals surface area (Å²) in [6, 6.07) is 0. The first kappa shape index (κ1) is 16.0. The highest BCUT2D eigenvalue weighted by Crippen LogP contribution is 2.28. The van der Waals surface area contributed by atoms with Gasteiger partial charge in [0.05, 0.1) is 6.10 Å². The summed E-state index contributed by atoms with van der Waals surface area (Å²) in [7, 11) is 0. The van der Waals surface area contributed by atoms with Gasteiger partial charge < -0.3 is 15.3 Å². The Kier molecular flexibility index (Phi) is 5.39. The van der Waals surface area contributed by atoms with Crippen LogP contribution < -0.4 is 10.2 Å². The van der Waals surface area contributed by atoms with Crippen LogP contribution in [0.4, 0.5) is 11.6 Å². The molecule has 0 aromatic carbocycles. The zero-order valence-electron chi connectivity index (χ0n) is 13.7. The van der Waals surface area contributed by atoms with Crippen molar-refractivity contribution in [1.82, 2.24) is 9.97 Å². The Morgan fingerprint density at radius 2 is 2.10 bits per heavy atom. The van der Waals surface area contributed by atoms with Gasteiger partial charge in [0.1, 0.15) is 17.5 Å². The fourth-order valence-corrected chi connectivity index (χ4v) is 2.86. The van der Waals surface area contributed by atoms with E-state index in [2.05, 4.69) is 42.9 Å². The van der Waals surface area contributed by atoms with E-state index in [9.17, 15) is 5.11 Å². The van der Waals surface area contributed by atoms with E-state index in [0.717, 1.165) is 61.9 Å². The number of aliphatic hydroxyl groups is 1. The second-order valence-electron chi connectivity index (χ2n) is 6.00. The second kappa shape index (κ2) is 7.07. The molecule has 1 aliphatic rings. The molecule has 2 atom stereocenters. The van der Waals surface area contributed by atoms with Gasteiger partial charge in [-0.15, -0.1) is 0 Å². The van der Waals surface area contributed by atoms with Crippen LogP contribution in [0.25, 0.3) is 0 Å². The van der Waals surface area contributed by atoms with Gasteiger partial charge >= 0.3 is 0 Å². The van der Waals surface area contributed by atoms with E-state index >= 15 is 0 Å². The predicted molar refractivity (Wildman–Crippen MR) is 86.9 cm³/mol. The van der Waals surface area contributed by atoms with E-state index in [4.69, 9.17) is 4.98 Å². The SMILES string of the molecule is CCCc1nc(NCC)c(C)c(N2CCC(O)C(C)C2)n1. The molecule has 0 spiro atoms. The molecular weight excluding hydrogens is 264 g/mol. The van der Waals surface area contributed by atoms with Crippen LogP contribution in [0.2, 0.25) is 0 Å². The van der Waals surface area contributed by atoms with Gasteiger partial charge in [-0.3, -0.25) is 0 Å². The maximum Gasteiger partial charge on any atom is 0.137 e. The molecule has 0 radical (unpaired) electrons. The van der Waals surface area contributed by atoms with Crippen LogP contribution in [-0.2, 0) is 6.42 Å². The molecule has 0 bridgehead atoms. The normalized spacial score (nSPS) is 22.4. The molecule has 2 rings (SSSR count). The summed E-state index contributed by atoms with van der Waals surface area (Å²) in [6.45, 7) is 11.0. The summed E-state index contributed by atoms with van der Waals surface area (Å²) < 4.78 is 0. The highest BCUT2D eigenvalue weighted by atomic mass is 16.3. The smallest absolute Gasteiger partial charge is 0.137 e. The van der Waals surface area contributed by atoms with Gasteiger partial charge in [-0.05, 0) is 32.6 Å². The highest BCUT2D eigenvalue weighted by molar-refractivity contribution is 5.59. The van der Waals surface area contributed by atoms with Crippen LogP contribution in [0, 0.1) is 12.8 Å². The van der Waals surface area contributed by atoms with Crippen molar-refractivity contribution in [2.24, 2.45) is 5.92 Å². The lowest BCUT2D eigenvalue weighted by Crippen LogP contribution is -2.42. The average molecular weight is 292 g/mol. The highest BCUT2D eigenvalue weighted by Gasteiger charge is 2.27. The number of hydrogen-bond acceptors (Lipinski definition) is 5. The van der Waals surface area contributed by atoms with Crippen LogP contribution in [-0.4, -0.2) is 40.8 Å². The minimum absolute atomic E-state index is 0.188. The van der Waals surface area contributed by atoms with Crippen molar-refractivity contribution in [3.8, 4) is 0 Å². The summed E-state index contributed by atoms with van der Waals surface area (Å²) >= 11 is 0. The molecule has 1 aliphatic heterocycles. The van der Waals surface area contributed by atoms with E-state index in [1.165, 1.54) is 0 Å². The lowest BCUT2D eigenvalue weighted by atomic mass is 9.96. The molecule has 5 nitrogen and oxygen atoms in total. The molecule has 1 aromatic heterocycles. The first-order valence-electron chi connectivity index (χ1n) is 8.11. The number of aromatic nitrogens is 2. The summed E-state index contributed by atoms with van der Waals surface area (Å²) in [5.41, 5.74) is 1.11.